The van der Waals surface area contributed by atoms with Gasteiger partial charge in [0.2, 0.25) is 0 Å². The first-order valence-electron chi connectivity index (χ1n) is 9.96. The molecule has 0 atom stereocenters. The zero-order valence-electron chi connectivity index (χ0n) is 16.5. The third kappa shape index (κ3) is 6.19. The Morgan fingerprint density at radius 3 is 2.11 bits per heavy atom. The highest BCUT2D eigenvalue weighted by Crippen LogP contribution is 2.13. The number of nitrogens with one attached hydrogen (secondary N) is 1. The van der Waals surface area contributed by atoms with Crippen molar-refractivity contribution in [3.8, 4) is 0 Å². The maximum atomic E-state index is 12.3. The van der Waals surface area contributed by atoms with Gasteiger partial charge < -0.3 is 5.32 Å². The molecule has 0 bridgehead atoms. The summed E-state index contributed by atoms with van der Waals surface area (Å²) in [5, 5.41) is 3.00. The molecule has 2 aromatic carbocycles. The van der Waals surface area contributed by atoms with Gasteiger partial charge in [0.25, 0.3) is 5.91 Å². The Morgan fingerprint density at radius 1 is 0.889 bits per heavy atom. The molecule has 1 heterocycles. The minimum absolute atomic E-state index is 0.0261. The van der Waals surface area contributed by atoms with Crippen molar-refractivity contribution in [1.29, 1.82) is 0 Å². The number of benzene rings is 2. The highest BCUT2D eigenvalue weighted by atomic mass is 16.1. The van der Waals surface area contributed by atoms with E-state index in [1.54, 1.807) is 0 Å². The summed E-state index contributed by atoms with van der Waals surface area (Å²) in [6, 6.07) is 18.7. The molecule has 3 rings (SSSR count). The van der Waals surface area contributed by atoms with Gasteiger partial charge in [-0.3, -0.25) is 14.6 Å². The summed E-state index contributed by atoms with van der Waals surface area (Å²) in [4.78, 5) is 17.3. The number of carbonyl (C=O) groups excluding carboxylic acids is 1. The zero-order chi connectivity index (χ0) is 19.1. The van der Waals surface area contributed by atoms with E-state index in [0.717, 1.165) is 44.8 Å². The van der Waals surface area contributed by atoms with Gasteiger partial charge in [-0.15, -0.1) is 0 Å². The summed E-state index contributed by atoms with van der Waals surface area (Å²) < 4.78 is 0. The quantitative estimate of drug-likeness (QED) is 0.817. The molecule has 1 fully saturated rings. The maximum absolute atomic E-state index is 12.3. The molecule has 2 aromatic rings. The molecule has 0 saturated carbocycles. The van der Waals surface area contributed by atoms with E-state index in [9.17, 15) is 4.79 Å². The van der Waals surface area contributed by atoms with Gasteiger partial charge in [0.05, 0.1) is 0 Å². The van der Waals surface area contributed by atoms with Crippen LogP contribution in [0.25, 0.3) is 0 Å². The lowest BCUT2D eigenvalue weighted by Crippen LogP contribution is -2.45. The smallest absolute Gasteiger partial charge is 0.251 e. The molecule has 0 radical (unpaired) electrons. The topological polar surface area (TPSA) is 35.6 Å². The van der Waals surface area contributed by atoms with Crippen molar-refractivity contribution in [2.75, 3.05) is 32.7 Å². The van der Waals surface area contributed by atoms with Crippen LogP contribution in [-0.2, 0) is 13.1 Å². The Hall–Kier alpha value is -2.17. The highest BCUT2D eigenvalue weighted by molar-refractivity contribution is 5.94. The van der Waals surface area contributed by atoms with Crippen LogP contribution in [0, 0.1) is 5.92 Å². The van der Waals surface area contributed by atoms with Gasteiger partial charge in [0.15, 0.2) is 0 Å². The maximum Gasteiger partial charge on any atom is 0.251 e. The van der Waals surface area contributed by atoms with Gasteiger partial charge in [-0.05, 0) is 29.2 Å². The van der Waals surface area contributed by atoms with Crippen LogP contribution >= 0.6 is 0 Å². The Morgan fingerprint density at radius 2 is 1.48 bits per heavy atom. The number of amides is 1. The van der Waals surface area contributed by atoms with Crippen LogP contribution in [0.2, 0.25) is 0 Å². The van der Waals surface area contributed by atoms with Crippen molar-refractivity contribution in [2.24, 2.45) is 5.92 Å². The van der Waals surface area contributed by atoms with Crippen molar-refractivity contribution < 1.29 is 4.79 Å². The molecular weight excluding hydrogens is 334 g/mol. The summed E-state index contributed by atoms with van der Waals surface area (Å²) in [6.45, 7) is 11.2. The summed E-state index contributed by atoms with van der Waals surface area (Å²) in [6.07, 6.45) is 0. The number of hydrogen-bond acceptors (Lipinski definition) is 3. The van der Waals surface area contributed by atoms with Crippen LogP contribution in [0.1, 0.15) is 35.3 Å². The number of hydrogen-bond donors (Lipinski definition) is 1. The highest BCUT2D eigenvalue weighted by Gasteiger charge is 2.17. The second kappa shape index (κ2) is 9.67. The van der Waals surface area contributed by atoms with E-state index < -0.39 is 0 Å². The van der Waals surface area contributed by atoms with Crippen LogP contribution in [0.3, 0.4) is 0 Å². The van der Waals surface area contributed by atoms with E-state index in [4.69, 9.17) is 0 Å². The van der Waals surface area contributed by atoms with Crippen molar-refractivity contribution >= 4 is 5.91 Å². The standard InChI is InChI=1S/C23H31N3O/c1-19(2)16-24-23(27)22-10-6-9-21(15-22)18-26-13-11-25(12-14-26)17-20-7-4-3-5-8-20/h3-10,15,19H,11-14,16-18H2,1-2H3,(H,24,27). The van der Waals surface area contributed by atoms with Gasteiger partial charge in [-0.25, -0.2) is 0 Å². The van der Waals surface area contributed by atoms with E-state index in [-0.39, 0.29) is 5.91 Å². The van der Waals surface area contributed by atoms with Gasteiger partial charge in [-0.1, -0.05) is 56.3 Å². The van der Waals surface area contributed by atoms with E-state index >= 15 is 0 Å². The average molecular weight is 366 g/mol. The van der Waals surface area contributed by atoms with Gasteiger partial charge >= 0.3 is 0 Å². The Balaban J connectivity index is 1.49. The summed E-state index contributed by atoms with van der Waals surface area (Å²) in [5.74, 6) is 0.488. The fourth-order valence-electron chi connectivity index (χ4n) is 3.42. The molecule has 4 heteroatoms. The molecule has 0 spiro atoms. The first-order valence-corrected chi connectivity index (χ1v) is 9.96. The van der Waals surface area contributed by atoms with Crippen molar-refractivity contribution in [2.45, 2.75) is 26.9 Å². The third-order valence-electron chi connectivity index (χ3n) is 4.98. The van der Waals surface area contributed by atoms with Crippen LogP contribution in [-0.4, -0.2) is 48.4 Å². The first-order chi connectivity index (χ1) is 13.1. The lowest BCUT2D eigenvalue weighted by molar-refractivity contribution is 0.0948. The normalized spacial score (nSPS) is 15.8. The first kappa shape index (κ1) is 19.6. The molecule has 1 aliphatic heterocycles. The molecule has 144 valence electrons. The molecule has 1 aliphatic rings. The molecular formula is C23H31N3O. The monoisotopic (exact) mass is 365 g/mol. The van der Waals surface area contributed by atoms with Crippen molar-refractivity contribution in [1.82, 2.24) is 15.1 Å². The van der Waals surface area contributed by atoms with E-state index in [1.807, 2.05) is 18.2 Å². The van der Waals surface area contributed by atoms with Crippen LogP contribution < -0.4 is 5.32 Å². The average Bonchev–Trinajstić information content (AvgIpc) is 2.68. The summed E-state index contributed by atoms with van der Waals surface area (Å²) >= 11 is 0. The minimum atomic E-state index is 0.0261. The van der Waals surface area contributed by atoms with Crippen LogP contribution in [0.15, 0.2) is 54.6 Å². The molecule has 1 saturated heterocycles. The lowest BCUT2D eigenvalue weighted by atomic mass is 10.1. The van der Waals surface area contributed by atoms with Gasteiger partial charge in [-0.2, -0.15) is 0 Å². The molecule has 0 unspecified atom stereocenters. The third-order valence-corrected chi connectivity index (χ3v) is 4.98. The Bertz CT molecular complexity index is 721. The fourth-order valence-corrected chi connectivity index (χ4v) is 3.42. The summed E-state index contributed by atoms with van der Waals surface area (Å²) in [7, 11) is 0. The molecule has 1 amide bonds. The zero-order valence-corrected chi connectivity index (χ0v) is 16.5. The van der Waals surface area contributed by atoms with Crippen LogP contribution in [0.4, 0.5) is 0 Å². The van der Waals surface area contributed by atoms with Gasteiger partial charge in [0.1, 0.15) is 0 Å². The fraction of sp³-hybridized carbons (Fsp3) is 0.435. The molecule has 0 aliphatic carbocycles. The predicted octanol–water partition coefficient (Wildman–Crippen LogP) is 3.39. The second-order valence-corrected chi connectivity index (χ2v) is 7.84. The number of carbonyl (C=O) groups is 1. The van der Waals surface area contributed by atoms with Crippen LogP contribution in [0.5, 0.6) is 0 Å². The Kier molecular flexibility index (Phi) is 7.02. The molecule has 1 N–H and O–H groups in total. The van der Waals surface area contributed by atoms with Gasteiger partial charge in [0, 0.05) is 51.4 Å². The van der Waals surface area contributed by atoms with E-state index in [1.165, 1.54) is 11.1 Å². The largest absolute Gasteiger partial charge is 0.352 e. The second-order valence-electron chi connectivity index (χ2n) is 7.84. The number of piperazine rings is 1. The SMILES string of the molecule is CC(C)CNC(=O)c1cccc(CN2CCN(Cc3ccccc3)CC2)c1. The van der Waals surface area contributed by atoms with E-state index in [0.29, 0.717) is 12.5 Å². The lowest BCUT2D eigenvalue weighted by Gasteiger charge is -2.34. The number of nitrogens with zero attached hydrogens (tertiary/aromatic N) is 2. The summed E-state index contributed by atoms with van der Waals surface area (Å²) in [5.41, 5.74) is 3.35. The minimum Gasteiger partial charge on any atom is -0.352 e. The molecule has 27 heavy (non-hydrogen) atoms. The predicted molar refractivity (Wildman–Crippen MR) is 111 cm³/mol. The molecule has 4 nitrogen and oxygen atoms in total. The Labute approximate surface area is 163 Å². The van der Waals surface area contributed by atoms with Crippen molar-refractivity contribution in [3.63, 3.8) is 0 Å². The van der Waals surface area contributed by atoms with Crippen molar-refractivity contribution in [3.05, 3.63) is 71.3 Å². The molecule has 0 aromatic heterocycles. The number of rotatable bonds is 7. The van der Waals surface area contributed by atoms with E-state index in [2.05, 4.69) is 65.4 Å².